The van der Waals surface area contributed by atoms with E-state index in [1.54, 1.807) is 37.6 Å². The van der Waals surface area contributed by atoms with Crippen molar-refractivity contribution in [2.24, 2.45) is 28.9 Å². The Morgan fingerprint density at radius 1 is 0.885 bits per heavy atom. The van der Waals surface area contributed by atoms with Crippen LogP contribution >= 0.6 is 0 Å². The number of nitrogens with one attached hydrogen (secondary N) is 1. The van der Waals surface area contributed by atoms with Crippen LogP contribution in [-0.2, 0) is 49.3 Å². The van der Waals surface area contributed by atoms with Crippen molar-refractivity contribution < 1.29 is 47.7 Å². The largest absolute Gasteiger partial charge is 0.468 e. The first-order chi connectivity index (χ1) is 28.2. The van der Waals surface area contributed by atoms with E-state index >= 15 is 0 Å². The fourth-order valence-corrected chi connectivity index (χ4v) is 8.78. The summed E-state index contributed by atoms with van der Waals surface area (Å²) in [5, 5.41) is 2.94. The number of ether oxygens (including phenoxy) is 4. The maximum absolute atomic E-state index is 14.5. The number of esters is 1. The number of benzene rings is 1. The molecular weight excluding hydrogens is 783 g/mol. The molecule has 0 saturated carbocycles. The molecule has 0 bridgehead atoms. The molecule has 346 valence electrons. The maximum Gasteiger partial charge on any atom is 0.410 e. The molecule has 61 heavy (non-hydrogen) atoms. The van der Waals surface area contributed by atoms with Crippen LogP contribution < -0.4 is 11.1 Å². The topological polar surface area (TPSA) is 187 Å². The van der Waals surface area contributed by atoms with Gasteiger partial charge in [0, 0.05) is 34.9 Å². The average molecular weight is 860 g/mol. The van der Waals surface area contributed by atoms with E-state index in [1.165, 1.54) is 47.1 Å². The lowest BCUT2D eigenvalue weighted by Crippen LogP contribution is -2.67. The monoisotopic (exact) mass is 860 g/mol. The summed E-state index contributed by atoms with van der Waals surface area (Å²) in [5.41, 5.74) is 3.54. The van der Waals surface area contributed by atoms with Gasteiger partial charge in [0.05, 0.1) is 31.7 Å². The fraction of sp³-hybridized carbons (Fsp3) is 0.739. The van der Waals surface area contributed by atoms with E-state index in [4.69, 9.17) is 24.7 Å². The Kier molecular flexibility index (Phi) is 19.4. The molecule has 15 nitrogen and oxygen atoms in total. The number of Topliss-reactive ketones (excluding diaryl/α,β-unsaturated/α-hetero) is 1. The first-order valence-corrected chi connectivity index (χ1v) is 21.6. The maximum atomic E-state index is 14.5. The number of carbonyl (C=O) groups is 6. The Morgan fingerprint density at radius 2 is 1.48 bits per heavy atom. The minimum atomic E-state index is -1.72. The van der Waals surface area contributed by atoms with Crippen molar-refractivity contribution in [1.29, 1.82) is 0 Å². The van der Waals surface area contributed by atoms with E-state index in [0.717, 1.165) is 5.56 Å². The van der Waals surface area contributed by atoms with Crippen molar-refractivity contribution in [1.82, 2.24) is 20.0 Å². The molecule has 4 amide bonds. The molecule has 0 aromatic heterocycles. The van der Waals surface area contributed by atoms with E-state index in [1.807, 2.05) is 71.9 Å². The number of ketones is 1. The molecule has 0 spiro atoms. The predicted octanol–water partition coefficient (Wildman–Crippen LogP) is 5.01. The number of amides is 4. The number of likely N-dealkylation sites (tertiary alicyclic amines) is 1. The summed E-state index contributed by atoms with van der Waals surface area (Å²) in [4.78, 5) is 88.2. The van der Waals surface area contributed by atoms with Gasteiger partial charge in [-0.3, -0.25) is 28.9 Å². The molecule has 1 aliphatic heterocycles. The summed E-state index contributed by atoms with van der Waals surface area (Å²) in [7, 11) is 7.34. The molecule has 1 fully saturated rings. The number of hydrogen-bond acceptors (Lipinski definition) is 11. The number of nitrogens with zero attached hydrogens (tertiary/aromatic N) is 3. The zero-order valence-electron chi connectivity index (χ0n) is 39.8. The van der Waals surface area contributed by atoms with Crippen molar-refractivity contribution in [3.63, 3.8) is 0 Å². The van der Waals surface area contributed by atoms with Gasteiger partial charge in [-0.1, -0.05) is 78.3 Å². The second kappa shape index (κ2) is 22.3. The van der Waals surface area contributed by atoms with Gasteiger partial charge in [-0.25, -0.2) is 4.79 Å². The molecule has 0 aliphatic carbocycles. The van der Waals surface area contributed by atoms with Crippen LogP contribution in [0.25, 0.3) is 0 Å². The van der Waals surface area contributed by atoms with Crippen molar-refractivity contribution in [3.05, 3.63) is 35.9 Å². The summed E-state index contributed by atoms with van der Waals surface area (Å²) < 4.78 is 22.7. The van der Waals surface area contributed by atoms with E-state index in [0.29, 0.717) is 25.8 Å². The smallest absolute Gasteiger partial charge is 0.410 e. The summed E-state index contributed by atoms with van der Waals surface area (Å²) >= 11 is 0. The van der Waals surface area contributed by atoms with Crippen molar-refractivity contribution in [2.45, 2.75) is 156 Å². The number of carbonyl (C=O) groups excluding carboxylic acids is 6. The molecule has 1 saturated heterocycles. The van der Waals surface area contributed by atoms with Gasteiger partial charge in [0.25, 0.3) is 0 Å². The SMILES string of the molecule is CC[C@H](C)[C@@H]([C@@H](CC(=O)N1CCC[C@H]1[C@@H](OC)[C@@](C)(N)C(=O)[C@](C)(Cc1ccccc1)C(=O)OC)OC)N(C)C(=O)[C@@H](NC(=O)[C@H](C(C)C)N(C)C(=O)OC(C)(C)C)C(C)C. The number of rotatable bonds is 21. The first-order valence-electron chi connectivity index (χ1n) is 21.6. The summed E-state index contributed by atoms with van der Waals surface area (Å²) in [6.07, 6.45) is -0.675. The third-order valence-electron chi connectivity index (χ3n) is 12.2. The highest BCUT2D eigenvalue weighted by atomic mass is 16.6. The Labute approximate surface area is 365 Å². The van der Waals surface area contributed by atoms with Crippen molar-refractivity contribution in [2.75, 3.05) is 42.0 Å². The van der Waals surface area contributed by atoms with Gasteiger partial charge in [-0.2, -0.15) is 0 Å². The van der Waals surface area contributed by atoms with Gasteiger partial charge in [0.15, 0.2) is 5.78 Å². The molecular formula is C46H77N5O10. The lowest BCUT2D eigenvalue weighted by Gasteiger charge is -2.43. The average Bonchev–Trinajstić information content (AvgIpc) is 3.67. The number of nitrogens with two attached hydrogens (primary N) is 1. The van der Waals surface area contributed by atoms with Crippen LogP contribution in [0.3, 0.4) is 0 Å². The van der Waals surface area contributed by atoms with E-state index < -0.39 is 76.7 Å². The molecule has 9 atom stereocenters. The standard InChI is InChI=1S/C46H77N5O10/c1-17-30(6)37(49(12)40(54)35(28(2)3)48-39(53)36(29(4)5)50(13)43(57)61-44(7,8)9)33(58-14)26-34(52)51-25-21-24-32(51)38(59-15)46(11,47)41(55)45(10,42(56)60-16)27-31-22-19-18-20-23-31/h18-20,22-23,28-30,32-33,35-38H,17,21,24-27,47H2,1-16H3,(H,48,53)/t30-,32-,33+,35-,36-,37-,38+,45-,46+/m0/s1. The van der Waals surface area contributed by atoms with Crippen LogP contribution in [-0.4, -0.2) is 140 Å². The van der Waals surface area contributed by atoms with E-state index in [9.17, 15) is 28.8 Å². The third-order valence-corrected chi connectivity index (χ3v) is 12.2. The minimum Gasteiger partial charge on any atom is -0.468 e. The van der Waals surface area contributed by atoms with Crippen molar-refractivity contribution >= 4 is 35.6 Å². The quantitative estimate of drug-likeness (QED) is 0.125. The molecule has 1 heterocycles. The zero-order chi connectivity index (χ0) is 46.8. The summed E-state index contributed by atoms with van der Waals surface area (Å²) in [6, 6.07) is 6.06. The van der Waals surface area contributed by atoms with Crippen LogP contribution in [0.1, 0.15) is 107 Å². The highest BCUT2D eigenvalue weighted by molar-refractivity contribution is 6.08. The zero-order valence-corrected chi connectivity index (χ0v) is 39.8. The molecule has 2 rings (SSSR count). The summed E-state index contributed by atoms with van der Waals surface area (Å²) in [5.74, 6) is -3.20. The number of methoxy groups -OCH3 is 3. The second-order valence-corrected chi connectivity index (χ2v) is 18.9. The van der Waals surface area contributed by atoms with Crippen LogP contribution in [0.2, 0.25) is 0 Å². The normalized spacial score (nSPS) is 19.4. The van der Waals surface area contributed by atoms with Gasteiger partial charge < -0.3 is 39.8 Å². The van der Waals surface area contributed by atoms with Gasteiger partial charge in [-0.15, -0.1) is 0 Å². The molecule has 0 unspecified atom stereocenters. The van der Waals surface area contributed by atoms with Crippen molar-refractivity contribution in [3.8, 4) is 0 Å². The lowest BCUT2D eigenvalue weighted by atomic mass is 9.69. The van der Waals surface area contributed by atoms with Gasteiger partial charge in [-0.05, 0) is 77.2 Å². The number of likely N-dealkylation sites (N-methyl/N-ethyl adjacent to an activating group) is 2. The first kappa shape index (κ1) is 53.1. The third kappa shape index (κ3) is 13.0. The highest BCUT2D eigenvalue weighted by Gasteiger charge is 2.55. The van der Waals surface area contributed by atoms with Crippen LogP contribution in [0.4, 0.5) is 4.79 Å². The van der Waals surface area contributed by atoms with Crippen LogP contribution in [0.5, 0.6) is 0 Å². The Morgan fingerprint density at radius 3 is 1.95 bits per heavy atom. The minimum absolute atomic E-state index is 0.0530. The molecule has 3 N–H and O–H groups in total. The molecule has 1 aromatic rings. The van der Waals surface area contributed by atoms with Gasteiger partial charge >= 0.3 is 12.1 Å². The van der Waals surface area contributed by atoms with Crippen LogP contribution in [0.15, 0.2) is 30.3 Å². The van der Waals surface area contributed by atoms with Crippen LogP contribution in [0, 0.1) is 23.2 Å². The molecule has 1 aromatic carbocycles. The lowest BCUT2D eigenvalue weighted by molar-refractivity contribution is -0.162. The molecule has 0 radical (unpaired) electrons. The highest BCUT2D eigenvalue weighted by Crippen LogP contribution is 2.36. The predicted molar refractivity (Wildman–Crippen MR) is 234 cm³/mol. The Hall–Kier alpha value is -4.08. The second-order valence-electron chi connectivity index (χ2n) is 18.9. The molecule has 1 aliphatic rings. The Balaban J connectivity index is 2.43. The number of hydrogen-bond donors (Lipinski definition) is 2. The Bertz CT molecular complexity index is 1650. The van der Waals surface area contributed by atoms with Gasteiger partial charge in [0.1, 0.15) is 34.7 Å². The molecule has 15 heteroatoms. The van der Waals surface area contributed by atoms with E-state index in [-0.39, 0.29) is 42.4 Å². The van der Waals surface area contributed by atoms with Gasteiger partial charge in [0.2, 0.25) is 17.7 Å². The fourth-order valence-electron chi connectivity index (χ4n) is 8.78. The summed E-state index contributed by atoms with van der Waals surface area (Å²) in [6.45, 7) is 20.0. The van der Waals surface area contributed by atoms with E-state index in [2.05, 4.69) is 5.32 Å².